The van der Waals surface area contributed by atoms with E-state index < -0.39 is 12.2 Å². The smallest absolute Gasteiger partial charge is 0.411 e. The number of nitrogens with zero attached hydrogens (tertiary/aromatic N) is 2. The number of hydrogen-bond acceptors (Lipinski definition) is 6. The van der Waals surface area contributed by atoms with E-state index in [1.807, 2.05) is 54.4 Å². The van der Waals surface area contributed by atoms with Gasteiger partial charge in [0.25, 0.3) is 0 Å². The van der Waals surface area contributed by atoms with Crippen LogP contribution >= 0.6 is 11.6 Å². The van der Waals surface area contributed by atoms with E-state index in [0.717, 1.165) is 34.3 Å². The molecule has 2 heterocycles. The molecule has 9 heteroatoms. The Morgan fingerprint density at radius 2 is 2.08 bits per heavy atom. The zero-order valence-electron chi connectivity index (χ0n) is 22.0. The number of halogens is 1. The minimum absolute atomic E-state index is 0.0451. The monoisotopic (exact) mass is 539 g/mol. The molecule has 8 nitrogen and oxygen atoms in total. The number of rotatable bonds is 10. The lowest BCUT2D eigenvalue weighted by atomic mass is 9.92. The number of ether oxygens (including phenoxy) is 3. The second-order valence-corrected chi connectivity index (χ2v) is 9.76. The van der Waals surface area contributed by atoms with Crippen molar-refractivity contribution in [2.75, 3.05) is 53.6 Å². The van der Waals surface area contributed by atoms with E-state index in [-0.39, 0.29) is 19.3 Å². The van der Waals surface area contributed by atoms with Gasteiger partial charge in [0.05, 0.1) is 6.61 Å². The SMILES string of the molecule is CC#CCOC(=O)N1CCc2c([nH]c3ccc(Cl)cc23)C1c1ccc(OCC(O)CN(C)CCOC)cc1. The number of aliphatic hydroxyl groups is 1. The van der Waals surface area contributed by atoms with Crippen molar-refractivity contribution in [2.24, 2.45) is 0 Å². The summed E-state index contributed by atoms with van der Waals surface area (Å²) in [5.41, 5.74) is 3.97. The molecule has 2 aromatic carbocycles. The first-order chi connectivity index (χ1) is 18.4. The molecule has 2 N–H and O–H groups in total. The van der Waals surface area contributed by atoms with Crippen LogP contribution in [0.5, 0.6) is 5.75 Å². The van der Waals surface area contributed by atoms with Crippen LogP contribution in [0.15, 0.2) is 42.5 Å². The zero-order chi connectivity index (χ0) is 27.1. The zero-order valence-corrected chi connectivity index (χ0v) is 22.8. The number of aromatic nitrogens is 1. The molecule has 0 aliphatic carbocycles. The first-order valence-corrected chi connectivity index (χ1v) is 13.0. The Kier molecular flexibility index (Phi) is 9.53. The molecule has 1 aliphatic heterocycles. The predicted molar refractivity (Wildman–Crippen MR) is 148 cm³/mol. The summed E-state index contributed by atoms with van der Waals surface area (Å²) in [5.74, 6) is 6.17. The number of aromatic amines is 1. The van der Waals surface area contributed by atoms with Gasteiger partial charge in [-0.05, 0) is 61.9 Å². The van der Waals surface area contributed by atoms with Gasteiger partial charge >= 0.3 is 6.09 Å². The van der Waals surface area contributed by atoms with Crippen LogP contribution in [0, 0.1) is 11.8 Å². The van der Waals surface area contributed by atoms with Crippen molar-refractivity contribution in [1.82, 2.24) is 14.8 Å². The molecule has 202 valence electrons. The third-order valence-electron chi connectivity index (χ3n) is 6.61. The van der Waals surface area contributed by atoms with Crippen molar-refractivity contribution < 1.29 is 24.1 Å². The van der Waals surface area contributed by atoms with Gasteiger partial charge in [0.15, 0.2) is 6.61 Å². The van der Waals surface area contributed by atoms with Gasteiger partial charge in [-0.25, -0.2) is 4.79 Å². The Balaban J connectivity index is 1.54. The largest absolute Gasteiger partial charge is 0.491 e. The molecule has 1 aromatic heterocycles. The minimum atomic E-state index is -0.632. The molecule has 0 spiro atoms. The topological polar surface area (TPSA) is 87.3 Å². The lowest BCUT2D eigenvalue weighted by molar-refractivity contribution is 0.0667. The summed E-state index contributed by atoms with van der Waals surface area (Å²) in [4.78, 5) is 20.3. The van der Waals surface area contributed by atoms with Crippen molar-refractivity contribution in [3.63, 3.8) is 0 Å². The molecule has 38 heavy (non-hydrogen) atoms. The number of H-pyrrole nitrogens is 1. The first kappa shape index (κ1) is 27.8. The second-order valence-electron chi connectivity index (χ2n) is 9.32. The molecule has 0 fully saturated rings. The number of methoxy groups -OCH3 is 1. The molecule has 1 amide bonds. The van der Waals surface area contributed by atoms with Crippen LogP contribution in [-0.4, -0.2) is 85.7 Å². The van der Waals surface area contributed by atoms with Gasteiger partial charge in [-0.3, -0.25) is 4.90 Å². The number of fused-ring (bicyclic) bond motifs is 3. The molecule has 0 radical (unpaired) electrons. The maximum Gasteiger partial charge on any atom is 0.411 e. The fourth-order valence-electron chi connectivity index (χ4n) is 4.75. The van der Waals surface area contributed by atoms with Crippen LogP contribution < -0.4 is 4.74 Å². The summed E-state index contributed by atoms with van der Waals surface area (Å²) in [7, 11) is 3.58. The Bertz CT molecular complexity index is 1300. The number of amides is 1. The maximum atomic E-state index is 13.1. The minimum Gasteiger partial charge on any atom is -0.491 e. The lowest BCUT2D eigenvalue weighted by Gasteiger charge is -2.35. The number of hydrogen-bond donors (Lipinski definition) is 2. The van der Waals surface area contributed by atoms with Crippen LogP contribution in [-0.2, 0) is 15.9 Å². The molecular weight excluding hydrogens is 506 g/mol. The van der Waals surface area contributed by atoms with Crippen molar-refractivity contribution in [1.29, 1.82) is 0 Å². The maximum absolute atomic E-state index is 13.1. The molecule has 3 aromatic rings. The molecule has 0 bridgehead atoms. The van der Waals surface area contributed by atoms with Crippen LogP contribution in [0.4, 0.5) is 4.79 Å². The first-order valence-electron chi connectivity index (χ1n) is 12.6. The fourth-order valence-corrected chi connectivity index (χ4v) is 4.92. The Hall–Kier alpha value is -3.22. The van der Waals surface area contributed by atoms with Crippen molar-refractivity contribution in [3.05, 3.63) is 64.3 Å². The number of benzene rings is 2. The highest BCUT2D eigenvalue weighted by Gasteiger charge is 2.35. The number of aliphatic hydroxyl groups excluding tert-OH is 1. The molecule has 2 unspecified atom stereocenters. The summed E-state index contributed by atoms with van der Waals surface area (Å²) < 4.78 is 16.4. The Morgan fingerprint density at radius 1 is 1.29 bits per heavy atom. The van der Waals surface area contributed by atoms with E-state index in [2.05, 4.69) is 16.8 Å². The predicted octanol–water partition coefficient (Wildman–Crippen LogP) is 4.25. The van der Waals surface area contributed by atoms with E-state index in [9.17, 15) is 9.90 Å². The Labute approximate surface area is 228 Å². The average Bonchev–Trinajstić information content (AvgIpc) is 3.28. The van der Waals surface area contributed by atoms with Gasteiger partial charge in [-0.15, -0.1) is 5.92 Å². The van der Waals surface area contributed by atoms with Crippen LogP contribution in [0.25, 0.3) is 10.9 Å². The van der Waals surface area contributed by atoms with Crippen molar-refractivity contribution in [2.45, 2.75) is 25.5 Å². The molecule has 2 atom stereocenters. The van der Waals surface area contributed by atoms with Crippen LogP contribution in [0.3, 0.4) is 0 Å². The third-order valence-corrected chi connectivity index (χ3v) is 6.84. The highest BCUT2D eigenvalue weighted by Crippen LogP contribution is 2.39. The molecule has 0 saturated heterocycles. The molecule has 0 saturated carbocycles. The van der Waals surface area contributed by atoms with Gasteiger partial charge in [0.1, 0.15) is 24.5 Å². The van der Waals surface area contributed by atoms with Gasteiger partial charge in [0.2, 0.25) is 0 Å². The van der Waals surface area contributed by atoms with Gasteiger partial charge in [-0.1, -0.05) is 29.7 Å². The summed E-state index contributed by atoms with van der Waals surface area (Å²) in [5, 5.41) is 12.1. The van der Waals surface area contributed by atoms with E-state index in [0.29, 0.717) is 36.9 Å². The second kappa shape index (κ2) is 13.0. The van der Waals surface area contributed by atoms with Crippen molar-refractivity contribution >= 4 is 28.6 Å². The average molecular weight is 540 g/mol. The fraction of sp³-hybridized carbons (Fsp3) is 0.414. The van der Waals surface area contributed by atoms with Crippen LogP contribution in [0.2, 0.25) is 5.02 Å². The quantitative estimate of drug-likeness (QED) is 0.375. The third kappa shape index (κ3) is 6.61. The number of carbonyl (C=O) groups is 1. The molecule has 1 aliphatic rings. The Morgan fingerprint density at radius 3 is 2.82 bits per heavy atom. The summed E-state index contributed by atoms with van der Waals surface area (Å²) in [6.45, 7) is 4.24. The number of nitrogens with one attached hydrogen (secondary N) is 1. The highest BCUT2D eigenvalue weighted by atomic mass is 35.5. The van der Waals surface area contributed by atoms with Gasteiger partial charge < -0.3 is 29.2 Å². The normalized spacial score (nSPS) is 15.6. The lowest BCUT2D eigenvalue weighted by Crippen LogP contribution is -2.41. The van der Waals surface area contributed by atoms with E-state index in [4.69, 9.17) is 25.8 Å². The molecular formula is C29H34ClN3O5. The standard InChI is InChI=1S/C29H34ClN3O5/c1-4-5-15-37-29(35)33-13-12-24-25-17-21(30)8-11-26(25)31-27(24)28(33)20-6-9-23(10-7-20)38-19-22(34)18-32(2)14-16-36-3/h6-11,17,22,28,31,34H,12-16,18-19H2,1-3H3. The summed E-state index contributed by atoms with van der Waals surface area (Å²) >= 11 is 6.29. The van der Waals surface area contributed by atoms with Gasteiger partial charge in [-0.2, -0.15) is 0 Å². The summed E-state index contributed by atoms with van der Waals surface area (Å²) in [6, 6.07) is 13.0. The van der Waals surface area contributed by atoms with E-state index >= 15 is 0 Å². The number of likely N-dealkylation sites (N-methyl/N-ethyl adjacent to an activating group) is 1. The van der Waals surface area contributed by atoms with E-state index in [1.165, 1.54) is 0 Å². The van der Waals surface area contributed by atoms with Crippen molar-refractivity contribution in [3.8, 4) is 17.6 Å². The van der Waals surface area contributed by atoms with Gasteiger partial charge in [0, 0.05) is 48.4 Å². The van der Waals surface area contributed by atoms with E-state index in [1.54, 1.807) is 18.9 Å². The number of carbonyl (C=O) groups excluding carboxylic acids is 1. The summed E-state index contributed by atoms with van der Waals surface area (Å²) in [6.07, 6.45) is -0.369. The van der Waals surface area contributed by atoms with Crippen LogP contribution in [0.1, 0.15) is 29.8 Å². The highest BCUT2D eigenvalue weighted by molar-refractivity contribution is 6.31. The molecule has 4 rings (SSSR count).